The smallest absolute Gasteiger partial charge is 0.205 e. The number of hydrogen-bond acceptors (Lipinski definition) is 5. The third kappa shape index (κ3) is 3.03. The van der Waals surface area contributed by atoms with Crippen LogP contribution < -0.4 is 4.74 Å². The van der Waals surface area contributed by atoms with E-state index >= 15 is 0 Å². The Morgan fingerprint density at radius 2 is 2.04 bits per heavy atom. The van der Waals surface area contributed by atoms with Gasteiger partial charge in [-0.25, -0.2) is 4.39 Å². The largest absolute Gasteiger partial charge is 0.497 e. The van der Waals surface area contributed by atoms with Crippen LogP contribution in [0.25, 0.3) is 22.3 Å². The zero-order valence-electron chi connectivity index (χ0n) is 13.4. The fourth-order valence-corrected chi connectivity index (χ4v) is 2.69. The fraction of sp³-hybridized carbons (Fsp3) is 0.111. The summed E-state index contributed by atoms with van der Waals surface area (Å²) >= 11 is 0. The topological polar surface area (TPSA) is 65.7 Å². The van der Waals surface area contributed by atoms with Gasteiger partial charge in [0.25, 0.3) is 0 Å². The number of halogens is 1. The molecule has 0 aliphatic rings. The van der Waals surface area contributed by atoms with E-state index in [0.717, 1.165) is 16.5 Å². The zero-order chi connectivity index (χ0) is 17.2. The van der Waals surface area contributed by atoms with E-state index in [1.807, 2.05) is 30.3 Å². The lowest BCUT2D eigenvalue weighted by atomic mass is 10.1. The normalized spacial score (nSPS) is 11.0. The first-order chi connectivity index (χ1) is 12.2. The molecule has 0 radical (unpaired) electrons. The molecule has 2 heterocycles. The molecule has 25 heavy (non-hydrogen) atoms. The van der Waals surface area contributed by atoms with Crippen molar-refractivity contribution < 1.29 is 9.13 Å². The number of pyridine rings is 1. The van der Waals surface area contributed by atoms with Gasteiger partial charge in [0.05, 0.1) is 19.2 Å². The molecule has 2 aromatic carbocycles. The summed E-state index contributed by atoms with van der Waals surface area (Å²) in [5.41, 5.74) is 2.22. The van der Waals surface area contributed by atoms with Crippen LogP contribution in [-0.4, -0.2) is 32.3 Å². The quantitative estimate of drug-likeness (QED) is 0.573. The Morgan fingerprint density at radius 1 is 1.12 bits per heavy atom. The van der Waals surface area contributed by atoms with E-state index in [0.29, 0.717) is 17.1 Å². The molecule has 0 saturated carbocycles. The molecule has 0 saturated heterocycles. The van der Waals surface area contributed by atoms with E-state index in [1.54, 1.807) is 19.4 Å². The van der Waals surface area contributed by atoms with Gasteiger partial charge in [0.1, 0.15) is 11.6 Å². The Morgan fingerprint density at radius 3 is 2.92 bits per heavy atom. The number of aromatic nitrogens is 5. The van der Waals surface area contributed by atoms with Gasteiger partial charge in [0, 0.05) is 22.7 Å². The predicted octanol–water partition coefficient (Wildman–Crippen LogP) is 3.08. The number of nitrogens with zero attached hydrogens (tertiary/aromatic N) is 5. The maximum Gasteiger partial charge on any atom is 0.205 e. The number of rotatable bonds is 4. The summed E-state index contributed by atoms with van der Waals surface area (Å²) in [5, 5.41) is 13.3. The Labute approximate surface area is 142 Å². The van der Waals surface area contributed by atoms with Crippen LogP contribution >= 0.6 is 0 Å². The Balaban J connectivity index is 1.68. The number of fused-ring (bicyclic) bond motifs is 1. The average Bonchev–Trinajstić information content (AvgIpc) is 3.10. The molecule has 0 N–H and O–H groups in total. The molecule has 0 unspecified atom stereocenters. The molecule has 0 atom stereocenters. The highest BCUT2D eigenvalue weighted by atomic mass is 19.1. The van der Waals surface area contributed by atoms with Crippen molar-refractivity contribution >= 4 is 10.9 Å². The molecular weight excluding hydrogens is 321 g/mol. The highest BCUT2D eigenvalue weighted by molar-refractivity contribution is 5.81. The van der Waals surface area contributed by atoms with Crippen LogP contribution in [0.4, 0.5) is 4.39 Å². The molecule has 0 spiro atoms. The van der Waals surface area contributed by atoms with Crippen molar-refractivity contribution in [1.82, 2.24) is 25.2 Å². The highest BCUT2D eigenvalue weighted by Crippen LogP contribution is 2.21. The van der Waals surface area contributed by atoms with E-state index in [4.69, 9.17) is 4.74 Å². The van der Waals surface area contributed by atoms with E-state index < -0.39 is 0 Å². The summed E-state index contributed by atoms with van der Waals surface area (Å²) in [6.07, 6.45) is 1.68. The Kier molecular flexibility index (Phi) is 3.81. The predicted molar refractivity (Wildman–Crippen MR) is 90.6 cm³/mol. The first kappa shape index (κ1) is 15.2. The van der Waals surface area contributed by atoms with Crippen LogP contribution in [0, 0.1) is 5.82 Å². The third-order valence-corrected chi connectivity index (χ3v) is 3.84. The van der Waals surface area contributed by atoms with Crippen molar-refractivity contribution in [3.05, 3.63) is 66.1 Å². The molecule has 124 valence electrons. The maximum absolute atomic E-state index is 13.8. The van der Waals surface area contributed by atoms with Gasteiger partial charge in [-0.05, 0) is 35.5 Å². The number of methoxy groups -OCH3 is 1. The van der Waals surface area contributed by atoms with Crippen LogP contribution in [-0.2, 0) is 6.54 Å². The van der Waals surface area contributed by atoms with Crippen LogP contribution in [0.2, 0.25) is 0 Å². The highest BCUT2D eigenvalue weighted by Gasteiger charge is 2.10. The van der Waals surface area contributed by atoms with E-state index in [-0.39, 0.29) is 12.4 Å². The summed E-state index contributed by atoms with van der Waals surface area (Å²) in [5.74, 6) is 0.880. The molecule has 2 aromatic heterocycles. The fourth-order valence-electron chi connectivity index (χ4n) is 2.69. The molecule has 0 fully saturated rings. The molecule has 0 aliphatic carbocycles. The minimum absolute atomic E-state index is 0.280. The van der Waals surface area contributed by atoms with Gasteiger partial charge >= 0.3 is 0 Å². The van der Waals surface area contributed by atoms with E-state index in [9.17, 15) is 4.39 Å². The second-order valence-corrected chi connectivity index (χ2v) is 5.52. The van der Waals surface area contributed by atoms with Gasteiger partial charge in [0.15, 0.2) is 0 Å². The van der Waals surface area contributed by atoms with Crippen LogP contribution in [0.3, 0.4) is 0 Å². The molecule has 6 nitrogen and oxygen atoms in total. The first-order valence-electron chi connectivity index (χ1n) is 7.68. The minimum Gasteiger partial charge on any atom is -0.497 e. The lowest BCUT2D eigenvalue weighted by molar-refractivity contribution is 0.415. The van der Waals surface area contributed by atoms with Gasteiger partial charge in [-0.2, -0.15) is 4.80 Å². The van der Waals surface area contributed by atoms with Crippen molar-refractivity contribution in [1.29, 1.82) is 0 Å². The van der Waals surface area contributed by atoms with Gasteiger partial charge in [-0.1, -0.05) is 18.2 Å². The summed E-state index contributed by atoms with van der Waals surface area (Å²) in [6, 6.07) is 13.9. The monoisotopic (exact) mass is 335 g/mol. The van der Waals surface area contributed by atoms with Crippen LogP contribution in [0.15, 0.2) is 54.7 Å². The van der Waals surface area contributed by atoms with Gasteiger partial charge in [0.2, 0.25) is 5.82 Å². The molecule has 0 bridgehead atoms. The molecule has 7 heteroatoms. The minimum atomic E-state index is -0.316. The summed E-state index contributed by atoms with van der Waals surface area (Å²) in [6.45, 7) is 0.280. The van der Waals surface area contributed by atoms with Crippen molar-refractivity contribution in [3.8, 4) is 17.1 Å². The van der Waals surface area contributed by atoms with Gasteiger partial charge in [-0.3, -0.25) is 4.98 Å². The molecular formula is C18H14FN5O. The Hall–Kier alpha value is -3.35. The lowest BCUT2D eigenvalue weighted by Gasteiger charge is -2.05. The van der Waals surface area contributed by atoms with E-state index in [1.165, 1.54) is 16.9 Å². The van der Waals surface area contributed by atoms with Crippen LogP contribution in [0.1, 0.15) is 5.56 Å². The molecule has 0 amide bonds. The van der Waals surface area contributed by atoms with Crippen molar-refractivity contribution in [2.75, 3.05) is 7.11 Å². The average molecular weight is 335 g/mol. The Bertz CT molecular complexity index is 1050. The summed E-state index contributed by atoms with van der Waals surface area (Å²) < 4.78 is 19.1. The molecule has 4 rings (SSSR count). The maximum atomic E-state index is 13.8. The SMILES string of the molecule is COc1cccc(-c2nnn(Cc3cc(F)cc4cccnc34)n2)c1. The standard InChI is InChI=1S/C18H14FN5O/c1-25-16-6-2-4-13(10-16)18-21-23-24(22-18)11-14-9-15(19)8-12-5-3-7-20-17(12)14/h2-10H,11H2,1H3. The number of hydrogen-bond donors (Lipinski definition) is 0. The summed E-state index contributed by atoms with van der Waals surface area (Å²) in [7, 11) is 1.60. The van der Waals surface area contributed by atoms with Crippen molar-refractivity contribution in [2.45, 2.75) is 6.54 Å². The van der Waals surface area contributed by atoms with Gasteiger partial charge in [-0.15, -0.1) is 10.2 Å². The first-order valence-corrected chi connectivity index (χ1v) is 7.68. The van der Waals surface area contributed by atoms with E-state index in [2.05, 4.69) is 20.4 Å². The van der Waals surface area contributed by atoms with Gasteiger partial charge < -0.3 is 4.74 Å². The summed E-state index contributed by atoms with van der Waals surface area (Å²) in [4.78, 5) is 5.76. The number of tetrazole rings is 1. The molecule has 0 aliphatic heterocycles. The molecule has 4 aromatic rings. The van der Waals surface area contributed by atoms with Crippen molar-refractivity contribution in [2.24, 2.45) is 0 Å². The van der Waals surface area contributed by atoms with Crippen LogP contribution in [0.5, 0.6) is 5.75 Å². The lowest BCUT2D eigenvalue weighted by Crippen LogP contribution is -2.05. The second kappa shape index (κ2) is 6.27. The second-order valence-electron chi connectivity index (χ2n) is 5.52. The zero-order valence-corrected chi connectivity index (χ0v) is 13.4. The number of ether oxygens (including phenoxy) is 1. The number of benzene rings is 2. The third-order valence-electron chi connectivity index (χ3n) is 3.84. The van der Waals surface area contributed by atoms with Crippen molar-refractivity contribution in [3.63, 3.8) is 0 Å².